The number of nitrogens with zero attached hydrogens (tertiary/aromatic N) is 3. The van der Waals surface area contributed by atoms with Gasteiger partial charge < -0.3 is 9.47 Å². The third-order valence-electron chi connectivity index (χ3n) is 5.85. The second kappa shape index (κ2) is 11.8. The van der Waals surface area contributed by atoms with Crippen LogP contribution in [0.1, 0.15) is 63.3 Å². The summed E-state index contributed by atoms with van der Waals surface area (Å²) in [6.07, 6.45) is 6.58. The van der Waals surface area contributed by atoms with Gasteiger partial charge in [0.15, 0.2) is 12.4 Å². The van der Waals surface area contributed by atoms with Gasteiger partial charge in [0.05, 0.1) is 33.3 Å². The molecule has 1 aromatic heterocycles. The number of hydrogen-bond acceptors (Lipinski definition) is 6. The fourth-order valence-electron chi connectivity index (χ4n) is 4.25. The fourth-order valence-corrected chi connectivity index (χ4v) is 5.22. The molecule has 1 saturated carbocycles. The predicted molar refractivity (Wildman–Crippen MR) is 146 cm³/mol. The van der Waals surface area contributed by atoms with Crippen LogP contribution >= 0.6 is 39.1 Å². The molecule has 10 heteroatoms. The van der Waals surface area contributed by atoms with Crippen molar-refractivity contribution in [2.75, 3.05) is 6.61 Å². The molecular weight excluding hydrogens is 569 g/mol. The maximum absolute atomic E-state index is 13.5. The minimum Gasteiger partial charge on any atom is -0.479 e. The standard InChI is InChI=1S/C26H26BrCl2N3O4/c1-15(2)36-23(33)14-35-24-20(28)10-16(11-21(24)29)13-30-32-25(17-6-4-3-5-7-17)31-22-9-8-18(27)12-19(22)26(32)34/h8-13,15,17H,3-7,14H2,1-2H3. The van der Waals surface area contributed by atoms with Gasteiger partial charge in [0, 0.05) is 10.4 Å². The highest BCUT2D eigenvalue weighted by Crippen LogP contribution is 2.34. The third-order valence-corrected chi connectivity index (χ3v) is 6.90. The molecule has 1 heterocycles. The van der Waals surface area contributed by atoms with Crippen molar-refractivity contribution in [2.45, 2.75) is 58.0 Å². The molecule has 190 valence electrons. The number of carbonyl (C=O) groups excluding carboxylic acids is 1. The zero-order chi connectivity index (χ0) is 25.8. The highest BCUT2D eigenvalue weighted by molar-refractivity contribution is 9.10. The van der Waals surface area contributed by atoms with Crippen LogP contribution in [0, 0.1) is 0 Å². The minimum absolute atomic E-state index is 0.158. The first-order valence-electron chi connectivity index (χ1n) is 11.8. The average Bonchev–Trinajstić information content (AvgIpc) is 2.83. The second-order valence-corrected chi connectivity index (χ2v) is 10.7. The second-order valence-electron chi connectivity index (χ2n) is 8.97. The Bertz CT molecular complexity index is 1340. The first-order valence-corrected chi connectivity index (χ1v) is 13.4. The van der Waals surface area contributed by atoms with Crippen LogP contribution in [0.15, 0.2) is 44.7 Å². The van der Waals surface area contributed by atoms with Crippen molar-refractivity contribution in [1.29, 1.82) is 0 Å². The van der Waals surface area contributed by atoms with Crippen LogP contribution < -0.4 is 10.3 Å². The van der Waals surface area contributed by atoms with Gasteiger partial charge in [-0.2, -0.15) is 9.78 Å². The summed E-state index contributed by atoms with van der Waals surface area (Å²) in [5, 5.41) is 5.42. The summed E-state index contributed by atoms with van der Waals surface area (Å²) in [4.78, 5) is 30.1. The number of esters is 1. The molecule has 4 rings (SSSR count). The number of halogens is 3. The third kappa shape index (κ3) is 6.28. The number of hydrogen-bond donors (Lipinski definition) is 0. The monoisotopic (exact) mass is 593 g/mol. The Morgan fingerprint density at radius 1 is 1.19 bits per heavy atom. The van der Waals surface area contributed by atoms with Crippen molar-refractivity contribution in [3.05, 3.63) is 66.6 Å². The first kappa shape index (κ1) is 26.6. The summed E-state index contributed by atoms with van der Waals surface area (Å²) < 4.78 is 12.7. The molecule has 0 aliphatic heterocycles. The lowest BCUT2D eigenvalue weighted by Gasteiger charge is -2.22. The summed E-state index contributed by atoms with van der Waals surface area (Å²) in [7, 11) is 0. The van der Waals surface area contributed by atoms with Gasteiger partial charge >= 0.3 is 5.97 Å². The number of carbonyl (C=O) groups is 1. The highest BCUT2D eigenvalue weighted by atomic mass is 79.9. The van der Waals surface area contributed by atoms with Crippen LogP contribution in [0.25, 0.3) is 10.9 Å². The lowest BCUT2D eigenvalue weighted by molar-refractivity contribution is -0.149. The molecule has 36 heavy (non-hydrogen) atoms. The molecule has 0 unspecified atom stereocenters. The Labute approximate surface area is 227 Å². The lowest BCUT2D eigenvalue weighted by atomic mass is 9.88. The van der Waals surface area contributed by atoms with E-state index < -0.39 is 5.97 Å². The van der Waals surface area contributed by atoms with Crippen LogP contribution in [-0.2, 0) is 9.53 Å². The smallest absolute Gasteiger partial charge is 0.344 e. The molecule has 2 aromatic carbocycles. The molecule has 1 aliphatic carbocycles. The number of ether oxygens (including phenoxy) is 2. The van der Waals surface area contributed by atoms with Gasteiger partial charge in [-0.1, -0.05) is 58.4 Å². The minimum atomic E-state index is -0.521. The molecule has 0 amide bonds. The van der Waals surface area contributed by atoms with Crippen molar-refractivity contribution >= 4 is 62.2 Å². The molecule has 0 saturated heterocycles. The van der Waals surface area contributed by atoms with Crippen LogP contribution in [0.4, 0.5) is 0 Å². The maximum atomic E-state index is 13.5. The lowest BCUT2D eigenvalue weighted by Crippen LogP contribution is -2.25. The largest absolute Gasteiger partial charge is 0.479 e. The molecule has 0 bridgehead atoms. The van der Waals surface area contributed by atoms with Crippen molar-refractivity contribution in [2.24, 2.45) is 5.10 Å². The van der Waals surface area contributed by atoms with Crippen LogP contribution in [-0.4, -0.2) is 34.6 Å². The van der Waals surface area contributed by atoms with Crippen LogP contribution in [0.3, 0.4) is 0 Å². The Kier molecular flexibility index (Phi) is 8.70. The zero-order valence-electron chi connectivity index (χ0n) is 20.0. The van der Waals surface area contributed by atoms with Gasteiger partial charge in [-0.15, -0.1) is 0 Å². The quantitative estimate of drug-likeness (QED) is 0.224. The van der Waals surface area contributed by atoms with E-state index in [1.165, 1.54) is 17.3 Å². The number of rotatable bonds is 7. The van der Waals surface area contributed by atoms with E-state index in [0.29, 0.717) is 22.3 Å². The average molecular weight is 595 g/mol. The molecule has 0 spiro atoms. The van der Waals surface area contributed by atoms with Gasteiger partial charge in [0.25, 0.3) is 5.56 Å². The van der Waals surface area contributed by atoms with E-state index in [4.69, 9.17) is 37.7 Å². The topological polar surface area (TPSA) is 82.8 Å². The molecule has 1 fully saturated rings. The van der Waals surface area contributed by atoms with E-state index in [9.17, 15) is 9.59 Å². The van der Waals surface area contributed by atoms with Gasteiger partial charge in [-0.05, 0) is 62.6 Å². The van der Waals surface area contributed by atoms with E-state index in [1.54, 1.807) is 32.0 Å². The van der Waals surface area contributed by atoms with Crippen molar-refractivity contribution in [3.63, 3.8) is 0 Å². The molecule has 0 N–H and O–H groups in total. The Morgan fingerprint density at radius 2 is 1.89 bits per heavy atom. The molecule has 0 atom stereocenters. The van der Waals surface area contributed by atoms with Crippen molar-refractivity contribution in [1.82, 2.24) is 9.66 Å². The van der Waals surface area contributed by atoms with E-state index in [-0.39, 0.29) is 40.0 Å². The van der Waals surface area contributed by atoms with Gasteiger partial charge in [0.1, 0.15) is 5.82 Å². The summed E-state index contributed by atoms with van der Waals surface area (Å²) in [6, 6.07) is 8.69. The molecular formula is C26H26BrCl2N3O4. The van der Waals surface area contributed by atoms with E-state index in [1.807, 2.05) is 12.1 Å². The first-order chi connectivity index (χ1) is 17.2. The highest BCUT2D eigenvalue weighted by Gasteiger charge is 2.22. The van der Waals surface area contributed by atoms with Crippen molar-refractivity contribution < 1.29 is 14.3 Å². The summed E-state index contributed by atoms with van der Waals surface area (Å²) >= 11 is 16.2. The molecule has 3 aromatic rings. The van der Waals surface area contributed by atoms with E-state index in [0.717, 1.165) is 30.2 Å². The van der Waals surface area contributed by atoms with Crippen LogP contribution in [0.2, 0.25) is 10.0 Å². The SMILES string of the molecule is CC(C)OC(=O)COc1c(Cl)cc(C=Nn2c(C3CCCCC3)nc3ccc(Br)cc3c2=O)cc1Cl. The van der Waals surface area contributed by atoms with Gasteiger partial charge in [-0.25, -0.2) is 9.78 Å². The molecule has 1 aliphatic rings. The zero-order valence-corrected chi connectivity index (χ0v) is 23.1. The Balaban J connectivity index is 1.67. The van der Waals surface area contributed by atoms with Crippen LogP contribution in [0.5, 0.6) is 5.75 Å². The number of aromatic nitrogens is 2. The Morgan fingerprint density at radius 3 is 2.56 bits per heavy atom. The number of fused-ring (bicyclic) bond motifs is 1. The number of benzene rings is 2. The summed E-state index contributed by atoms with van der Waals surface area (Å²) in [5.41, 5.74) is 0.982. The molecule has 7 nitrogen and oxygen atoms in total. The predicted octanol–water partition coefficient (Wildman–Crippen LogP) is 6.73. The van der Waals surface area contributed by atoms with E-state index >= 15 is 0 Å². The normalized spacial score (nSPS) is 14.6. The van der Waals surface area contributed by atoms with Gasteiger partial charge in [-0.3, -0.25) is 4.79 Å². The maximum Gasteiger partial charge on any atom is 0.344 e. The molecule has 0 radical (unpaired) electrons. The Hall–Kier alpha value is -2.42. The summed E-state index contributed by atoms with van der Waals surface area (Å²) in [6.45, 7) is 3.19. The summed E-state index contributed by atoms with van der Waals surface area (Å²) in [5.74, 6) is 0.470. The fraction of sp³-hybridized carbons (Fsp3) is 0.385. The van der Waals surface area contributed by atoms with E-state index in [2.05, 4.69) is 21.0 Å². The van der Waals surface area contributed by atoms with Gasteiger partial charge in [0.2, 0.25) is 0 Å². The van der Waals surface area contributed by atoms with Crippen molar-refractivity contribution in [3.8, 4) is 5.75 Å².